The Morgan fingerprint density at radius 1 is 1.04 bits per heavy atom. The lowest BCUT2D eigenvalue weighted by Gasteiger charge is -2.29. The first kappa shape index (κ1) is 17.3. The van der Waals surface area contributed by atoms with Crippen molar-refractivity contribution in [1.29, 1.82) is 0 Å². The SMILES string of the molecule is CCC(C)NS(=O)N1NC(c2ccccc2)=NN=C1c1ccccc1. The molecule has 2 aromatic carbocycles. The molecule has 1 aliphatic heterocycles. The summed E-state index contributed by atoms with van der Waals surface area (Å²) in [5.41, 5.74) is 4.85. The molecule has 0 aliphatic carbocycles. The molecule has 0 aromatic heterocycles. The maximum atomic E-state index is 12.9. The van der Waals surface area contributed by atoms with Crippen molar-refractivity contribution < 1.29 is 4.21 Å². The molecule has 1 aliphatic rings. The number of hydrazine groups is 1. The quantitative estimate of drug-likeness (QED) is 0.836. The van der Waals surface area contributed by atoms with Crippen LogP contribution >= 0.6 is 0 Å². The van der Waals surface area contributed by atoms with Crippen molar-refractivity contribution in [3.05, 3.63) is 71.8 Å². The molecule has 2 atom stereocenters. The van der Waals surface area contributed by atoms with Crippen LogP contribution in [0.1, 0.15) is 31.4 Å². The molecule has 130 valence electrons. The Labute approximate surface area is 150 Å². The molecule has 0 saturated carbocycles. The second-order valence-corrected chi connectivity index (χ2v) is 6.79. The molecule has 25 heavy (non-hydrogen) atoms. The highest BCUT2D eigenvalue weighted by Gasteiger charge is 2.26. The van der Waals surface area contributed by atoms with Crippen LogP contribution in [-0.4, -0.2) is 26.3 Å². The Kier molecular flexibility index (Phi) is 5.57. The molecule has 2 unspecified atom stereocenters. The van der Waals surface area contributed by atoms with Gasteiger partial charge in [0.05, 0.1) is 0 Å². The van der Waals surface area contributed by atoms with E-state index in [0.717, 1.165) is 17.5 Å². The van der Waals surface area contributed by atoms with Gasteiger partial charge in [0.1, 0.15) is 0 Å². The molecule has 2 aromatic rings. The molecule has 0 bridgehead atoms. The average molecular weight is 355 g/mol. The number of hydrogen-bond acceptors (Lipinski definition) is 4. The largest absolute Gasteiger partial charge is 0.265 e. The van der Waals surface area contributed by atoms with Gasteiger partial charge in [-0.15, -0.1) is 10.2 Å². The van der Waals surface area contributed by atoms with E-state index in [1.807, 2.05) is 74.5 Å². The summed E-state index contributed by atoms with van der Waals surface area (Å²) in [5, 5.41) is 8.61. The predicted octanol–water partition coefficient (Wildman–Crippen LogP) is 2.58. The van der Waals surface area contributed by atoms with Crippen LogP contribution in [0.4, 0.5) is 0 Å². The summed E-state index contributed by atoms with van der Waals surface area (Å²) in [6, 6.07) is 19.3. The van der Waals surface area contributed by atoms with E-state index in [-0.39, 0.29) is 6.04 Å². The van der Waals surface area contributed by atoms with Crippen molar-refractivity contribution in [3.8, 4) is 0 Å². The lowest BCUT2D eigenvalue weighted by Crippen LogP contribution is -2.54. The molecule has 0 amide bonds. The maximum absolute atomic E-state index is 12.9. The fourth-order valence-electron chi connectivity index (χ4n) is 2.22. The van der Waals surface area contributed by atoms with Crippen molar-refractivity contribution in [2.45, 2.75) is 26.3 Å². The monoisotopic (exact) mass is 355 g/mol. The predicted molar refractivity (Wildman–Crippen MR) is 102 cm³/mol. The normalized spacial score (nSPS) is 16.5. The van der Waals surface area contributed by atoms with Gasteiger partial charge in [0.15, 0.2) is 11.7 Å². The molecule has 7 heteroatoms. The van der Waals surface area contributed by atoms with E-state index < -0.39 is 11.2 Å². The molecule has 0 radical (unpaired) electrons. The summed E-state index contributed by atoms with van der Waals surface area (Å²) < 4.78 is 17.5. The van der Waals surface area contributed by atoms with Gasteiger partial charge >= 0.3 is 0 Å². The summed E-state index contributed by atoms with van der Waals surface area (Å²) in [4.78, 5) is 0. The summed E-state index contributed by atoms with van der Waals surface area (Å²) in [6.45, 7) is 4.04. The number of hydrogen-bond donors (Lipinski definition) is 2. The van der Waals surface area contributed by atoms with E-state index in [1.165, 1.54) is 4.41 Å². The number of benzene rings is 2. The molecular formula is C18H21N5OS. The van der Waals surface area contributed by atoms with Crippen LogP contribution in [0.3, 0.4) is 0 Å². The van der Waals surface area contributed by atoms with Crippen molar-refractivity contribution in [2.24, 2.45) is 10.2 Å². The average Bonchev–Trinajstić information content (AvgIpc) is 2.68. The van der Waals surface area contributed by atoms with Gasteiger partial charge in [0.25, 0.3) is 0 Å². The molecule has 6 nitrogen and oxygen atoms in total. The van der Waals surface area contributed by atoms with Gasteiger partial charge in [0, 0.05) is 17.2 Å². The van der Waals surface area contributed by atoms with Crippen molar-refractivity contribution >= 4 is 22.8 Å². The molecular weight excluding hydrogens is 334 g/mol. The maximum Gasteiger partial charge on any atom is 0.217 e. The van der Waals surface area contributed by atoms with E-state index in [2.05, 4.69) is 20.4 Å². The Balaban J connectivity index is 1.94. The first-order valence-corrected chi connectivity index (χ1v) is 9.31. The second kappa shape index (κ2) is 8.04. The van der Waals surface area contributed by atoms with Crippen LogP contribution in [0.2, 0.25) is 0 Å². The lowest BCUT2D eigenvalue weighted by atomic mass is 10.2. The zero-order valence-electron chi connectivity index (χ0n) is 14.2. The van der Waals surface area contributed by atoms with Crippen molar-refractivity contribution in [2.75, 3.05) is 0 Å². The molecule has 0 saturated heterocycles. The van der Waals surface area contributed by atoms with E-state index in [1.54, 1.807) is 0 Å². The van der Waals surface area contributed by atoms with E-state index >= 15 is 0 Å². The minimum Gasteiger partial charge on any atom is -0.265 e. The van der Waals surface area contributed by atoms with Crippen LogP contribution < -0.4 is 10.1 Å². The zero-order chi connectivity index (χ0) is 17.6. The van der Waals surface area contributed by atoms with Crippen molar-refractivity contribution in [3.63, 3.8) is 0 Å². The van der Waals surface area contributed by atoms with Crippen molar-refractivity contribution in [1.82, 2.24) is 14.6 Å². The summed E-state index contributed by atoms with van der Waals surface area (Å²) >= 11 is -1.50. The highest BCUT2D eigenvalue weighted by molar-refractivity contribution is 7.81. The second-order valence-electron chi connectivity index (χ2n) is 5.69. The van der Waals surface area contributed by atoms with Gasteiger partial charge in [-0.1, -0.05) is 67.6 Å². The van der Waals surface area contributed by atoms with Gasteiger partial charge in [-0.2, -0.15) is 4.41 Å². The van der Waals surface area contributed by atoms with E-state index in [0.29, 0.717) is 11.7 Å². The minimum atomic E-state index is -1.50. The Bertz CT molecular complexity index is 792. The molecule has 1 heterocycles. The summed E-state index contributed by atoms with van der Waals surface area (Å²) in [6.07, 6.45) is 0.872. The molecule has 0 fully saturated rings. The lowest BCUT2D eigenvalue weighted by molar-refractivity contribution is 0.526. The van der Waals surface area contributed by atoms with Crippen LogP contribution in [0.15, 0.2) is 70.9 Å². The van der Waals surface area contributed by atoms with Crippen LogP contribution in [0.25, 0.3) is 0 Å². The fraction of sp³-hybridized carbons (Fsp3) is 0.222. The highest BCUT2D eigenvalue weighted by atomic mass is 32.2. The fourth-order valence-corrected chi connectivity index (χ4v) is 3.30. The minimum absolute atomic E-state index is 0.110. The van der Waals surface area contributed by atoms with Gasteiger partial charge in [-0.3, -0.25) is 5.43 Å². The number of nitrogens with zero attached hydrogens (tertiary/aromatic N) is 3. The summed E-state index contributed by atoms with van der Waals surface area (Å²) in [5.74, 6) is 1.06. The Hall–Kier alpha value is -2.51. The van der Waals surface area contributed by atoms with Crippen LogP contribution in [0.5, 0.6) is 0 Å². The van der Waals surface area contributed by atoms with Gasteiger partial charge in [0.2, 0.25) is 11.2 Å². The third-order valence-corrected chi connectivity index (χ3v) is 5.00. The third kappa shape index (κ3) is 4.12. The first-order valence-electron chi connectivity index (χ1n) is 8.20. The first-order chi connectivity index (χ1) is 12.2. The van der Waals surface area contributed by atoms with E-state index in [4.69, 9.17) is 0 Å². The van der Waals surface area contributed by atoms with Gasteiger partial charge < -0.3 is 0 Å². The molecule has 2 N–H and O–H groups in total. The Morgan fingerprint density at radius 3 is 2.24 bits per heavy atom. The number of amidine groups is 2. The molecule has 3 rings (SSSR count). The highest BCUT2D eigenvalue weighted by Crippen LogP contribution is 2.12. The topological polar surface area (TPSA) is 69.1 Å². The zero-order valence-corrected chi connectivity index (χ0v) is 15.0. The standard InChI is InChI=1S/C18H21N5OS/c1-3-14(2)22-25(24)23-18(16-12-8-5-9-13-16)20-19-17(21-23)15-10-6-4-7-11-15/h4-14,22H,3H2,1-2H3,(H,19,21). The number of nitrogens with one attached hydrogen (secondary N) is 2. The summed E-state index contributed by atoms with van der Waals surface area (Å²) in [7, 11) is 0. The Morgan fingerprint density at radius 2 is 1.64 bits per heavy atom. The van der Waals surface area contributed by atoms with Gasteiger partial charge in [-0.05, 0) is 13.3 Å². The van der Waals surface area contributed by atoms with Gasteiger partial charge in [-0.25, -0.2) is 8.93 Å². The van der Waals surface area contributed by atoms with Crippen LogP contribution in [-0.2, 0) is 11.2 Å². The number of rotatable bonds is 6. The smallest absolute Gasteiger partial charge is 0.217 e. The molecule has 0 spiro atoms. The van der Waals surface area contributed by atoms with Crippen LogP contribution in [0, 0.1) is 0 Å². The van der Waals surface area contributed by atoms with E-state index in [9.17, 15) is 4.21 Å². The third-order valence-electron chi connectivity index (χ3n) is 3.80.